The monoisotopic (exact) mass is 132 g/mol. The Balaban J connectivity index is 2.35. The summed E-state index contributed by atoms with van der Waals surface area (Å²) in [7, 11) is 0. The summed E-state index contributed by atoms with van der Waals surface area (Å²) in [4.78, 5) is 0. The van der Waals surface area contributed by atoms with E-state index < -0.39 is 0 Å². The molecule has 1 unspecified atom stereocenters. The second-order valence-corrected chi connectivity index (χ2v) is 2.45. The molecule has 0 aromatic rings. The second-order valence-electron chi connectivity index (χ2n) is 2.45. The Bertz CT molecular complexity index is 84.3. The van der Waals surface area contributed by atoms with Gasteiger partial charge < -0.3 is 14.9 Å². The van der Waals surface area contributed by atoms with E-state index in [-0.39, 0.29) is 24.9 Å². The van der Waals surface area contributed by atoms with Crippen LogP contribution in [0, 0.1) is 0 Å². The molecule has 1 fully saturated rings. The molecule has 0 bridgehead atoms. The molecule has 3 nitrogen and oxygen atoms in total. The topological polar surface area (TPSA) is 49.7 Å². The van der Waals surface area contributed by atoms with Gasteiger partial charge in [-0.2, -0.15) is 0 Å². The molecule has 0 aromatic carbocycles. The SMILES string of the molecule is C[C@@H]1O[C@H](CO)CC1O. The largest absolute Gasteiger partial charge is 0.394 e. The Kier molecular flexibility index (Phi) is 2.05. The summed E-state index contributed by atoms with van der Waals surface area (Å²) in [5.74, 6) is 0. The van der Waals surface area contributed by atoms with Crippen LogP contribution in [-0.4, -0.2) is 35.1 Å². The summed E-state index contributed by atoms with van der Waals surface area (Å²) in [5, 5.41) is 17.6. The average Bonchev–Trinajstić information content (AvgIpc) is 2.13. The second kappa shape index (κ2) is 2.64. The van der Waals surface area contributed by atoms with Crippen LogP contribution in [0.25, 0.3) is 0 Å². The van der Waals surface area contributed by atoms with E-state index in [1.807, 2.05) is 0 Å². The van der Waals surface area contributed by atoms with Gasteiger partial charge in [0.1, 0.15) is 0 Å². The van der Waals surface area contributed by atoms with Crippen molar-refractivity contribution in [1.82, 2.24) is 0 Å². The first kappa shape index (κ1) is 6.99. The van der Waals surface area contributed by atoms with Crippen molar-refractivity contribution in [1.29, 1.82) is 0 Å². The van der Waals surface area contributed by atoms with E-state index in [1.54, 1.807) is 6.92 Å². The number of ether oxygens (including phenoxy) is 1. The van der Waals surface area contributed by atoms with Crippen molar-refractivity contribution in [2.45, 2.75) is 31.7 Å². The molecule has 0 aromatic heterocycles. The molecule has 1 saturated heterocycles. The normalized spacial score (nSPS) is 43.7. The molecule has 54 valence electrons. The standard InChI is InChI=1S/C6H12O3/c1-4-6(8)2-5(3-7)9-4/h4-8H,2-3H2,1H3/t4-,5-,6?/m0/s1. The lowest BCUT2D eigenvalue weighted by atomic mass is 10.2. The fraction of sp³-hybridized carbons (Fsp3) is 1.00. The van der Waals surface area contributed by atoms with Crippen molar-refractivity contribution in [3.05, 3.63) is 0 Å². The molecule has 1 aliphatic rings. The van der Waals surface area contributed by atoms with Crippen molar-refractivity contribution in [2.24, 2.45) is 0 Å². The molecule has 2 N–H and O–H groups in total. The Labute approximate surface area is 54.3 Å². The Morgan fingerprint density at radius 3 is 2.56 bits per heavy atom. The van der Waals surface area contributed by atoms with Gasteiger partial charge in [0.15, 0.2) is 0 Å². The molecule has 9 heavy (non-hydrogen) atoms. The third-order valence-corrected chi connectivity index (χ3v) is 1.66. The minimum atomic E-state index is -0.387. The van der Waals surface area contributed by atoms with E-state index in [9.17, 15) is 0 Å². The van der Waals surface area contributed by atoms with Crippen LogP contribution in [0.4, 0.5) is 0 Å². The highest BCUT2D eigenvalue weighted by Gasteiger charge is 2.29. The molecule has 1 rings (SSSR count). The fourth-order valence-corrected chi connectivity index (χ4v) is 1.03. The Morgan fingerprint density at radius 1 is 1.67 bits per heavy atom. The molecule has 1 heterocycles. The lowest BCUT2D eigenvalue weighted by Crippen LogP contribution is -2.15. The van der Waals surface area contributed by atoms with Gasteiger partial charge in [-0.05, 0) is 6.92 Å². The van der Waals surface area contributed by atoms with E-state index in [2.05, 4.69) is 0 Å². The number of aliphatic hydroxyl groups is 2. The van der Waals surface area contributed by atoms with E-state index in [0.29, 0.717) is 6.42 Å². The molecule has 3 atom stereocenters. The van der Waals surface area contributed by atoms with Gasteiger partial charge in [0.25, 0.3) is 0 Å². The Hall–Kier alpha value is -0.120. The van der Waals surface area contributed by atoms with Gasteiger partial charge in [-0.3, -0.25) is 0 Å². The highest BCUT2D eigenvalue weighted by molar-refractivity contribution is 4.77. The first-order valence-corrected chi connectivity index (χ1v) is 3.18. The number of hydrogen-bond acceptors (Lipinski definition) is 3. The van der Waals surface area contributed by atoms with Crippen molar-refractivity contribution < 1.29 is 14.9 Å². The van der Waals surface area contributed by atoms with Gasteiger partial charge in [0, 0.05) is 6.42 Å². The number of rotatable bonds is 1. The Morgan fingerprint density at radius 2 is 2.33 bits per heavy atom. The molecular formula is C6H12O3. The van der Waals surface area contributed by atoms with Gasteiger partial charge >= 0.3 is 0 Å². The summed E-state index contributed by atoms with van der Waals surface area (Å²) in [6.45, 7) is 1.82. The first-order valence-electron chi connectivity index (χ1n) is 3.18. The highest BCUT2D eigenvalue weighted by atomic mass is 16.5. The highest BCUT2D eigenvalue weighted by Crippen LogP contribution is 2.18. The van der Waals surface area contributed by atoms with Gasteiger partial charge in [-0.15, -0.1) is 0 Å². The van der Waals surface area contributed by atoms with E-state index in [1.165, 1.54) is 0 Å². The molecule has 0 saturated carbocycles. The maximum atomic E-state index is 9.06. The van der Waals surface area contributed by atoms with Crippen LogP contribution >= 0.6 is 0 Å². The van der Waals surface area contributed by atoms with Crippen LogP contribution in [-0.2, 0) is 4.74 Å². The van der Waals surface area contributed by atoms with Gasteiger partial charge in [-0.25, -0.2) is 0 Å². The van der Waals surface area contributed by atoms with Gasteiger partial charge in [0.05, 0.1) is 24.9 Å². The summed E-state index contributed by atoms with van der Waals surface area (Å²) >= 11 is 0. The predicted octanol–water partition coefficient (Wildman–Crippen LogP) is -0.483. The third-order valence-electron chi connectivity index (χ3n) is 1.66. The molecule has 3 heteroatoms. The van der Waals surface area contributed by atoms with Crippen molar-refractivity contribution in [2.75, 3.05) is 6.61 Å². The van der Waals surface area contributed by atoms with E-state index >= 15 is 0 Å². The van der Waals surface area contributed by atoms with Crippen LogP contribution in [0.2, 0.25) is 0 Å². The minimum absolute atomic E-state index is 0.0153. The van der Waals surface area contributed by atoms with Gasteiger partial charge in [0.2, 0.25) is 0 Å². The lowest BCUT2D eigenvalue weighted by molar-refractivity contribution is 0.000607. The quantitative estimate of drug-likeness (QED) is 0.506. The predicted molar refractivity (Wildman–Crippen MR) is 32.0 cm³/mol. The zero-order chi connectivity index (χ0) is 6.85. The van der Waals surface area contributed by atoms with Crippen LogP contribution < -0.4 is 0 Å². The smallest absolute Gasteiger partial charge is 0.0836 e. The van der Waals surface area contributed by atoms with Crippen LogP contribution in [0.5, 0.6) is 0 Å². The molecular weight excluding hydrogens is 120 g/mol. The van der Waals surface area contributed by atoms with Crippen molar-refractivity contribution in [3.8, 4) is 0 Å². The zero-order valence-electron chi connectivity index (χ0n) is 5.45. The summed E-state index contributed by atoms with van der Waals surface area (Å²) in [6, 6.07) is 0. The maximum Gasteiger partial charge on any atom is 0.0836 e. The third kappa shape index (κ3) is 1.41. The number of aliphatic hydroxyl groups excluding tert-OH is 2. The van der Waals surface area contributed by atoms with Crippen LogP contribution in [0.3, 0.4) is 0 Å². The maximum absolute atomic E-state index is 9.06. The minimum Gasteiger partial charge on any atom is -0.394 e. The fourth-order valence-electron chi connectivity index (χ4n) is 1.03. The summed E-state index contributed by atoms with van der Waals surface area (Å²) < 4.78 is 5.12. The van der Waals surface area contributed by atoms with Crippen LogP contribution in [0.15, 0.2) is 0 Å². The molecule has 0 aliphatic carbocycles. The van der Waals surface area contributed by atoms with E-state index in [4.69, 9.17) is 14.9 Å². The van der Waals surface area contributed by atoms with Crippen LogP contribution in [0.1, 0.15) is 13.3 Å². The van der Waals surface area contributed by atoms with Crippen molar-refractivity contribution in [3.63, 3.8) is 0 Å². The molecule has 0 amide bonds. The molecule has 0 radical (unpaired) electrons. The zero-order valence-corrected chi connectivity index (χ0v) is 5.45. The average molecular weight is 132 g/mol. The van der Waals surface area contributed by atoms with Crippen molar-refractivity contribution >= 4 is 0 Å². The first-order chi connectivity index (χ1) is 4.24. The number of hydrogen-bond donors (Lipinski definition) is 2. The summed E-state index contributed by atoms with van der Waals surface area (Å²) in [6.07, 6.45) is -0.0724. The molecule has 1 aliphatic heterocycles. The lowest BCUT2D eigenvalue weighted by Gasteiger charge is -2.05. The van der Waals surface area contributed by atoms with Gasteiger partial charge in [-0.1, -0.05) is 0 Å². The molecule has 0 spiro atoms. The summed E-state index contributed by atoms with van der Waals surface area (Å²) in [5.41, 5.74) is 0. The van der Waals surface area contributed by atoms with E-state index in [0.717, 1.165) is 0 Å².